The third kappa shape index (κ3) is 11.1. The van der Waals surface area contributed by atoms with Gasteiger partial charge in [0.1, 0.15) is 23.8 Å². The molecule has 7 rings (SSSR count). The average molecular weight is 730 g/mol. The number of nitrogens with one attached hydrogen (secondary N) is 2. The Bertz CT molecular complexity index is 2170. The maximum absolute atomic E-state index is 5.78. The van der Waals surface area contributed by atoms with Crippen molar-refractivity contribution >= 4 is 56.9 Å². The third-order valence-corrected chi connectivity index (χ3v) is 8.79. The highest BCUT2D eigenvalue weighted by atomic mass is 15.1. The molecule has 12 heteroatoms. The Kier molecular flexibility index (Phi) is 11.8. The zero-order valence-corrected chi connectivity index (χ0v) is 30.6. The first-order valence-corrected chi connectivity index (χ1v) is 18.3. The number of aryl methyl sites for hydroxylation is 4. The topological polar surface area (TPSA) is 142 Å². The molecular weight excluding hydrogens is 685 g/mol. The number of benzene rings is 4. The van der Waals surface area contributed by atoms with Crippen molar-refractivity contribution in [2.45, 2.75) is 39.0 Å². The zero-order chi connectivity index (χ0) is 37.7. The largest absolute Gasteiger partial charge is 0.399 e. The monoisotopic (exact) mass is 729 g/mol. The Morgan fingerprint density at radius 1 is 0.455 bits per heavy atom. The van der Waals surface area contributed by atoms with E-state index in [9.17, 15) is 0 Å². The standard InChI is InChI=1S/C43H45N12/c44-34-7-11-36(12-8-34)46-38-15-19-40(20-16-38)48-50-42-5-1-23-52(31-42)25-3-27-54-29-30-55(33-54)28-4-26-53-24-2-6-43(32-53)51-49-41-21-17-39(18-22-41)47-37-13-9-35(45)10-14-37/h1-2,5-24,29-33,46-47H,3-4,25-28,44-45H2/q+3. The molecule has 7 aromatic rings. The molecule has 0 bridgehead atoms. The predicted octanol–water partition coefficient (Wildman–Crippen LogP) is 9.01. The molecule has 0 fully saturated rings. The molecule has 0 radical (unpaired) electrons. The van der Waals surface area contributed by atoms with Gasteiger partial charge in [-0.25, -0.2) is 18.3 Å². The van der Waals surface area contributed by atoms with Gasteiger partial charge in [0.05, 0.1) is 24.5 Å². The van der Waals surface area contributed by atoms with Gasteiger partial charge < -0.3 is 22.1 Å². The number of hydrogen-bond acceptors (Lipinski definition) is 8. The number of hydrogen-bond donors (Lipinski definition) is 4. The molecule has 4 aromatic carbocycles. The Balaban J connectivity index is 0.822. The Morgan fingerprint density at radius 3 is 1.36 bits per heavy atom. The molecule has 0 atom stereocenters. The number of nitrogens with two attached hydrogens (primary N) is 2. The molecule has 0 amide bonds. The van der Waals surface area contributed by atoms with Crippen molar-refractivity contribution in [3.05, 3.63) is 165 Å². The van der Waals surface area contributed by atoms with Crippen molar-refractivity contribution in [3.8, 4) is 0 Å². The molecule has 0 aliphatic carbocycles. The molecule has 0 spiro atoms. The van der Waals surface area contributed by atoms with E-state index in [1.165, 1.54) is 0 Å². The lowest BCUT2D eigenvalue weighted by Crippen LogP contribution is -2.37. The van der Waals surface area contributed by atoms with Crippen molar-refractivity contribution in [2.24, 2.45) is 20.5 Å². The number of pyridine rings is 2. The van der Waals surface area contributed by atoms with Crippen molar-refractivity contribution in [1.82, 2.24) is 4.57 Å². The van der Waals surface area contributed by atoms with E-state index in [0.717, 1.165) is 95.9 Å². The molecular formula is C43H45N12+3. The zero-order valence-electron chi connectivity index (χ0n) is 30.6. The Labute approximate surface area is 320 Å². The molecule has 0 saturated heterocycles. The van der Waals surface area contributed by atoms with Crippen LogP contribution in [0.4, 0.5) is 56.9 Å². The van der Waals surface area contributed by atoms with Crippen LogP contribution in [0.3, 0.4) is 0 Å². The summed E-state index contributed by atoms with van der Waals surface area (Å²) in [6.45, 7) is 3.60. The molecule has 0 aliphatic heterocycles. The van der Waals surface area contributed by atoms with E-state index in [0.29, 0.717) is 0 Å². The number of nitrogens with zero attached hydrogens (tertiary/aromatic N) is 8. The molecule has 55 heavy (non-hydrogen) atoms. The summed E-state index contributed by atoms with van der Waals surface area (Å²) >= 11 is 0. The van der Waals surface area contributed by atoms with Crippen LogP contribution in [0.5, 0.6) is 0 Å². The van der Waals surface area contributed by atoms with Crippen molar-refractivity contribution < 1.29 is 13.7 Å². The quantitative estimate of drug-likeness (QED) is 0.0447. The Morgan fingerprint density at radius 2 is 0.873 bits per heavy atom. The van der Waals surface area contributed by atoms with E-state index < -0.39 is 0 Å². The number of aromatic nitrogens is 4. The van der Waals surface area contributed by atoms with Gasteiger partial charge in [-0.05, 0) is 109 Å². The maximum Gasteiger partial charge on any atom is 0.243 e. The first kappa shape index (κ1) is 36.2. The van der Waals surface area contributed by atoms with Crippen LogP contribution in [0.2, 0.25) is 0 Å². The van der Waals surface area contributed by atoms with Crippen LogP contribution >= 0.6 is 0 Å². The van der Waals surface area contributed by atoms with Crippen LogP contribution in [0, 0.1) is 0 Å². The van der Waals surface area contributed by atoms with E-state index in [4.69, 9.17) is 11.5 Å². The number of imidazole rings is 1. The first-order chi connectivity index (χ1) is 27.0. The van der Waals surface area contributed by atoms with Crippen LogP contribution in [-0.4, -0.2) is 4.57 Å². The van der Waals surface area contributed by atoms with Gasteiger partial charge in [-0.1, -0.05) is 0 Å². The second-order valence-corrected chi connectivity index (χ2v) is 13.2. The lowest BCUT2D eigenvalue weighted by molar-refractivity contribution is -0.726. The molecule has 0 unspecified atom stereocenters. The minimum atomic E-state index is 0.740. The van der Waals surface area contributed by atoms with E-state index in [2.05, 4.69) is 80.5 Å². The van der Waals surface area contributed by atoms with Gasteiger partial charge in [-0.3, -0.25) is 0 Å². The minimum Gasteiger partial charge on any atom is -0.399 e. The Hall–Kier alpha value is -7.21. The van der Waals surface area contributed by atoms with E-state index in [1.807, 2.05) is 134 Å². The fourth-order valence-electron chi connectivity index (χ4n) is 5.91. The van der Waals surface area contributed by atoms with Gasteiger partial charge in [-0.15, -0.1) is 10.2 Å². The number of rotatable bonds is 16. The van der Waals surface area contributed by atoms with Crippen molar-refractivity contribution in [3.63, 3.8) is 0 Å². The highest BCUT2D eigenvalue weighted by molar-refractivity contribution is 5.64. The lowest BCUT2D eigenvalue weighted by atomic mass is 10.2. The van der Waals surface area contributed by atoms with Gasteiger partial charge in [0, 0.05) is 59.1 Å². The summed E-state index contributed by atoms with van der Waals surface area (Å²) in [5.74, 6) is 0. The predicted molar refractivity (Wildman–Crippen MR) is 217 cm³/mol. The molecule has 12 nitrogen and oxygen atoms in total. The fraction of sp³-hybridized carbons (Fsp3) is 0.140. The third-order valence-electron chi connectivity index (χ3n) is 8.79. The first-order valence-electron chi connectivity index (χ1n) is 18.3. The van der Waals surface area contributed by atoms with E-state index in [-0.39, 0.29) is 0 Å². The molecule has 6 N–H and O–H groups in total. The van der Waals surface area contributed by atoms with Crippen LogP contribution in [0.15, 0.2) is 185 Å². The summed E-state index contributed by atoms with van der Waals surface area (Å²) in [7, 11) is 0. The van der Waals surface area contributed by atoms with Crippen molar-refractivity contribution in [2.75, 3.05) is 22.1 Å². The van der Waals surface area contributed by atoms with E-state index >= 15 is 0 Å². The lowest BCUT2D eigenvalue weighted by Gasteiger charge is -2.06. The summed E-state index contributed by atoms with van der Waals surface area (Å²) in [4.78, 5) is 0. The fourth-order valence-corrected chi connectivity index (χ4v) is 5.91. The SMILES string of the molecule is Nc1ccc(Nc2ccc(N=Nc3ccc[n+](CCCn4cc[n+](CCC[n+]5cccc(N=Nc6ccc(Nc7ccc(N)cc7)cc6)c5)c4)c3)cc2)cc1. The second kappa shape index (κ2) is 18.0. The molecule has 3 heterocycles. The summed E-state index contributed by atoms with van der Waals surface area (Å²) in [5, 5.41) is 24.5. The van der Waals surface area contributed by atoms with Gasteiger partial charge >= 0.3 is 0 Å². The van der Waals surface area contributed by atoms with Gasteiger partial charge in [0.15, 0.2) is 37.9 Å². The van der Waals surface area contributed by atoms with Crippen LogP contribution in [-0.2, 0) is 26.2 Å². The molecule has 0 saturated carbocycles. The van der Waals surface area contributed by atoms with Crippen LogP contribution in [0.1, 0.15) is 12.8 Å². The van der Waals surface area contributed by atoms with E-state index in [1.54, 1.807) is 0 Å². The minimum absolute atomic E-state index is 0.740. The molecule has 274 valence electrons. The number of azo groups is 2. The van der Waals surface area contributed by atoms with Gasteiger partial charge in [0.2, 0.25) is 6.33 Å². The number of nitrogen functional groups attached to an aromatic ring is 2. The van der Waals surface area contributed by atoms with Gasteiger partial charge in [0.25, 0.3) is 0 Å². The smallest absolute Gasteiger partial charge is 0.243 e. The highest BCUT2D eigenvalue weighted by Gasteiger charge is 2.09. The summed E-state index contributed by atoms with van der Waals surface area (Å²) < 4.78 is 8.80. The van der Waals surface area contributed by atoms with Gasteiger partial charge in [-0.2, -0.15) is 10.2 Å². The number of anilines is 6. The second-order valence-electron chi connectivity index (χ2n) is 13.2. The van der Waals surface area contributed by atoms with Crippen LogP contribution < -0.4 is 35.8 Å². The molecule has 3 aromatic heterocycles. The molecule has 0 aliphatic rings. The summed E-state index contributed by atoms with van der Waals surface area (Å²) in [5.41, 5.74) is 20.1. The normalized spacial score (nSPS) is 11.3. The maximum atomic E-state index is 5.78. The van der Waals surface area contributed by atoms with Crippen LogP contribution in [0.25, 0.3) is 0 Å². The summed E-state index contributed by atoms with van der Waals surface area (Å²) in [6, 6.07) is 39.0. The average Bonchev–Trinajstić information content (AvgIpc) is 3.67. The van der Waals surface area contributed by atoms with Crippen molar-refractivity contribution in [1.29, 1.82) is 0 Å². The highest BCUT2D eigenvalue weighted by Crippen LogP contribution is 2.24. The summed E-state index contributed by atoms with van der Waals surface area (Å²) in [6.07, 6.45) is 16.6.